The van der Waals surface area contributed by atoms with Crippen molar-refractivity contribution in [1.29, 1.82) is 0 Å². The number of anilines is 1. The summed E-state index contributed by atoms with van der Waals surface area (Å²) < 4.78 is 41.0. The van der Waals surface area contributed by atoms with E-state index in [0.717, 1.165) is 31.7 Å². The molecule has 0 heterocycles. The van der Waals surface area contributed by atoms with Crippen molar-refractivity contribution < 1.29 is 12.8 Å². The SMILES string of the molecule is C=CCN(C1CCCC1)S(=O)(=O)c1cc(N)cc(F)c1C. The highest BCUT2D eigenvalue weighted by atomic mass is 32.2. The maximum Gasteiger partial charge on any atom is 0.244 e. The molecule has 0 atom stereocenters. The first kappa shape index (κ1) is 16.0. The molecule has 4 nitrogen and oxygen atoms in total. The van der Waals surface area contributed by atoms with E-state index in [1.807, 2.05) is 0 Å². The highest BCUT2D eigenvalue weighted by Crippen LogP contribution is 2.31. The van der Waals surface area contributed by atoms with E-state index >= 15 is 0 Å². The predicted molar refractivity (Wildman–Crippen MR) is 81.9 cm³/mol. The second-order valence-electron chi connectivity index (χ2n) is 5.43. The Kier molecular flexibility index (Phi) is 4.68. The highest BCUT2D eigenvalue weighted by molar-refractivity contribution is 7.89. The maximum atomic E-state index is 13.8. The molecule has 21 heavy (non-hydrogen) atoms. The summed E-state index contributed by atoms with van der Waals surface area (Å²) >= 11 is 0. The summed E-state index contributed by atoms with van der Waals surface area (Å²) in [5.41, 5.74) is 5.83. The van der Waals surface area contributed by atoms with E-state index in [4.69, 9.17) is 5.73 Å². The van der Waals surface area contributed by atoms with Gasteiger partial charge in [0.1, 0.15) is 5.82 Å². The molecule has 0 saturated heterocycles. The van der Waals surface area contributed by atoms with Gasteiger partial charge in [0.25, 0.3) is 0 Å². The van der Waals surface area contributed by atoms with Crippen LogP contribution in [0.3, 0.4) is 0 Å². The van der Waals surface area contributed by atoms with Gasteiger partial charge in [-0.1, -0.05) is 18.9 Å². The minimum Gasteiger partial charge on any atom is -0.399 e. The van der Waals surface area contributed by atoms with Gasteiger partial charge in [0.2, 0.25) is 10.0 Å². The van der Waals surface area contributed by atoms with Crippen molar-refractivity contribution in [2.45, 2.75) is 43.5 Å². The molecule has 0 radical (unpaired) electrons. The van der Waals surface area contributed by atoms with Crippen LogP contribution in [0, 0.1) is 12.7 Å². The van der Waals surface area contributed by atoms with Crippen molar-refractivity contribution in [3.63, 3.8) is 0 Å². The molecule has 0 bridgehead atoms. The van der Waals surface area contributed by atoms with E-state index in [2.05, 4.69) is 6.58 Å². The number of nitrogen functional groups attached to an aromatic ring is 1. The lowest BCUT2D eigenvalue weighted by Crippen LogP contribution is -2.39. The topological polar surface area (TPSA) is 63.4 Å². The predicted octanol–water partition coefficient (Wildman–Crippen LogP) is 2.84. The average molecular weight is 312 g/mol. The number of sulfonamides is 1. The van der Waals surface area contributed by atoms with Gasteiger partial charge in [-0.2, -0.15) is 4.31 Å². The number of rotatable bonds is 5. The smallest absolute Gasteiger partial charge is 0.244 e. The van der Waals surface area contributed by atoms with Gasteiger partial charge in [0.05, 0.1) is 4.90 Å². The molecule has 2 N–H and O–H groups in total. The van der Waals surface area contributed by atoms with Crippen molar-refractivity contribution in [3.05, 3.63) is 36.2 Å². The van der Waals surface area contributed by atoms with E-state index in [9.17, 15) is 12.8 Å². The molecular weight excluding hydrogens is 291 g/mol. The summed E-state index contributed by atoms with van der Waals surface area (Å²) in [4.78, 5) is -0.0475. The molecule has 1 aromatic carbocycles. The van der Waals surface area contributed by atoms with Crippen molar-refractivity contribution in [2.24, 2.45) is 0 Å². The van der Waals surface area contributed by atoms with Crippen LogP contribution in [-0.4, -0.2) is 25.3 Å². The molecule has 2 rings (SSSR count). The zero-order chi connectivity index (χ0) is 15.6. The van der Waals surface area contributed by atoms with Gasteiger partial charge < -0.3 is 5.73 Å². The molecule has 116 valence electrons. The number of benzene rings is 1. The van der Waals surface area contributed by atoms with E-state index in [1.54, 1.807) is 6.08 Å². The van der Waals surface area contributed by atoms with Gasteiger partial charge in [0.15, 0.2) is 0 Å². The summed E-state index contributed by atoms with van der Waals surface area (Å²) in [6.07, 6.45) is 5.25. The fraction of sp³-hybridized carbons (Fsp3) is 0.467. The minimum atomic E-state index is -3.78. The zero-order valence-electron chi connectivity index (χ0n) is 12.2. The zero-order valence-corrected chi connectivity index (χ0v) is 13.0. The standard InChI is InChI=1S/C15H21FN2O2S/c1-3-8-18(13-6-4-5-7-13)21(19,20)15-10-12(17)9-14(16)11(15)2/h3,9-10,13H,1,4-8,17H2,2H3. The fourth-order valence-electron chi connectivity index (χ4n) is 2.83. The van der Waals surface area contributed by atoms with Crippen molar-refractivity contribution >= 4 is 15.7 Å². The van der Waals surface area contributed by atoms with Crippen molar-refractivity contribution in [2.75, 3.05) is 12.3 Å². The largest absolute Gasteiger partial charge is 0.399 e. The first-order chi connectivity index (χ1) is 9.87. The third-order valence-electron chi connectivity index (χ3n) is 3.95. The van der Waals surface area contributed by atoms with Gasteiger partial charge in [-0.05, 0) is 31.9 Å². The average Bonchev–Trinajstić information content (AvgIpc) is 2.93. The van der Waals surface area contributed by atoms with Crippen LogP contribution in [0.1, 0.15) is 31.2 Å². The van der Waals surface area contributed by atoms with Crippen LogP contribution in [0.15, 0.2) is 29.7 Å². The monoisotopic (exact) mass is 312 g/mol. The van der Waals surface area contributed by atoms with Crippen LogP contribution in [0.25, 0.3) is 0 Å². The lowest BCUT2D eigenvalue weighted by molar-refractivity contribution is 0.347. The normalized spacial score (nSPS) is 16.5. The van der Waals surface area contributed by atoms with Crippen LogP contribution < -0.4 is 5.73 Å². The minimum absolute atomic E-state index is 0.0445. The van der Waals surface area contributed by atoms with Gasteiger partial charge in [-0.15, -0.1) is 6.58 Å². The first-order valence-corrected chi connectivity index (χ1v) is 8.50. The Hall–Kier alpha value is -1.40. The third kappa shape index (κ3) is 3.11. The second-order valence-corrected chi connectivity index (χ2v) is 7.29. The second kappa shape index (κ2) is 6.15. The van der Waals surface area contributed by atoms with E-state index < -0.39 is 15.8 Å². The van der Waals surface area contributed by atoms with Gasteiger partial charge in [0, 0.05) is 23.8 Å². The molecule has 1 aliphatic rings. The Morgan fingerprint density at radius 1 is 1.43 bits per heavy atom. The lowest BCUT2D eigenvalue weighted by Gasteiger charge is -2.27. The van der Waals surface area contributed by atoms with Gasteiger partial charge in [-0.3, -0.25) is 0 Å². The molecule has 1 aromatic rings. The number of nitrogens with zero attached hydrogens (tertiary/aromatic N) is 1. The fourth-order valence-corrected chi connectivity index (χ4v) is 4.76. The van der Waals surface area contributed by atoms with E-state index in [1.165, 1.54) is 17.3 Å². The van der Waals surface area contributed by atoms with Gasteiger partial charge >= 0.3 is 0 Å². The Bertz CT molecular complexity index is 637. The van der Waals surface area contributed by atoms with Crippen LogP contribution >= 0.6 is 0 Å². The van der Waals surface area contributed by atoms with E-state index in [0.29, 0.717) is 0 Å². The van der Waals surface area contributed by atoms with Crippen LogP contribution in [0.4, 0.5) is 10.1 Å². The third-order valence-corrected chi connectivity index (χ3v) is 5.99. The Morgan fingerprint density at radius 3 is 2.62 bits per heavy atom. The van der Waals surface area contributed by atoms with Gasteiger partial charge in [-0.25, -0.2) is 12.8 Å². The maximum absolute atomic E-state index is 13.8. The van der Waals surface area contributed by atoms with Crippen molar-refractivity contribution in [3.8, 4) is 0 Å². The summed E-state index contributed by atoms with van der Waals surface area (Å²) in [5, 5.41) is 0. The number of hydrogen-bond acceptors (Lipinski definition) is 3. The molecule has 0 aliphatic heterocycles. The molecule has 1 fully saturated rings. The lowest BCUT2D eigenvalue weighted by atomic mass is 10.2. The number of halogens is 1. The Morgan fingerprint density at radius 2 is 2.05 bits per heavy atom. The molecule has 0 spiro atoms. The van der Waals surface area contributed by atoms with Crippen LogP contribution in [0.2, 0.25) is 0 Å². The molecule has 0 unspecified atom stereocenters. The summed E-state index contributed by atoms with van der Waals surface area (Å²) in [7, 11) is -3.78. The molecule has 0 amide bonds. The first-order valence-electron chi connectivity index (χ1n) is 7.06. The molecule has 1 aliphatic carbocycles. The molecule has 1 saturated carbocycles. The highest BCUT2D eigenvalue weighted by Gasteiger charge is 2.34. The molecule has 6 heteroatoms. The Balaban J connectivity index is 2.50. The number of hydrogen-bond donors (Lipinski definition) is 1. The summed E-state index contributed by atoms with van der Waals surface area (Å²) in [6, 6.07) is 2.43. The van der Waals surface area contributed by atoms with Crippen LogP contribution in [-0.2, 0) is 10.0 Å². The molecule has 0 aromatic heterocycles. The quantitative estimate of drug-likeness (QED) is 0.671. The van der Waals surface area contributed by atoms with Crippen molar-refractivity contribution in [1.82, 2.24) is 4.31 Å². The summed E-state index contributed by atoms with van der Waals surface area (Å²) in [6.45, 7) is 5.32. The summed E-state index contributed by atoms with van der Waals surface area (Å²) in [5.74, 6) is -0.599. The van der Waals surface area contributed by atoms with Crippen LogP contribution in [0.5, 0.6) is 0 Å². The number of nitrogens with two attached hydrogens (primary N) is 1. The Labute approximate surface area is 125 Å². The molecular formula is C15H21FN2O2S. The van der Waals surface area contributed by atoms with E-state index in [-0.39, 0.29) is 28.7 Å².